The molecule has 2 heterocycles. The largest absolute Gasteiger partial charge is 0.309 e. The Kier molecular flexibility index (Phi) is 9.46. The summed E-state index contributed by atoms with van der Waals surface area (Å²) in [7, 11) is 0. The van der Waals surface area contributed by atoms with Crippen LogP contribution in [0.2, 0.25) is 0 Å². The van der Waals surface area contributed by atoms with Gasteiger partial charge in [-0.2, -0.15) is 0 Å². The number of rotatable bonds is 7. The fraction of sp³-hybridized carbons (Fsp3) is 0. The van der Waals surface area contributed by atoms with Gasteiger partial charge in [0.05, 0.1) is 11.0 Å². The Morgan fingerprint density at radius 2 is 0.600 bits per heavy atom. The van der Waals surface area contributed by atoms with Crippen LogP contribution in [0.5, 0.6) is 0 Å². The van der Waals surface area contributed by atoms with Gasteiger partial charge < -0.3 is 4.57 Å². The molecule has 0 aliphatic rings. The molecule has 0 bridgehead atoms. The summed E-state index contributed by atoms with van der Waals surface area (Å²) in [5.41, 5.74) is 18.3. The van der Waals surface area contributed by atoms with Gasteiger partial charge in [-0.15, -0.1) is 11.3 Å². The number of hydrogen-bond donors (Lipinski definition) is 0. The zero-order valence-electron chi connectivity index (χ0n) is 38.2. The molecular formula is C68H43NS. The number of nitrogens with zero attached hydrogens (tertiary/aromatic N) is 1. The lowest BCUT2D eigenvalue weighted by molar-refractivity contribution is 1.18. The minimum Gasteiger partial charge on any atom is -0.309 e. The molecule has 0 saturated carbocycles. The van der Waals surface area contributed by atoms with E-state index in [1.54, 1.807) is 0 Å². The lowest BCUT2D eigenvalue weighted by Crippen LogP contribution is -1.94. The average Bonchev–Trinajstić information content (AvgIpc) is 3.98. The zero-order valence-corrected chi connectivity index (χ0v) is 39.0. The standard InChI is InChI=1S/C68H43NS/c1-5-19-44(20-6-1)50-40-58(46-23-9-3-10-24-46)67-61(42-50)62-43-51(45-21-7-2-8-22-45)41-59(68(62)70-67)49-35-38-64-60(39-49)53-27-17-18-32-63(53)69(64)52-36-33-48(34-37-52)66-56-30-15-13-28-54(56)65(47-25-11-4-12-26-47)55-29-14-16-31-57(55)66/h1-43H. The summed E-state index contributed by atoms with van der Waals surface area (Å²) >= 11 is 1.92. The molecule has 0 aliphatic heterocycles. The Labute approximate surface area is 410 Å². The van der Waals surface area contributed by atoms with E-state index in [0.29, 0.717) is 0 Å². The lowest BCUT2D eigenvalue weighted by atomic mass is 9.86. The van der Waals surface area contributed by atoms with Gasteiger partial charge in [-0.3, -0.25) is 0 Å². The van der Waals surface area contributed by atoms with Gasteiger partial charge in [-0.1, -0.05) is 206 Å². The Bertz CT molecular complexity index is 4240. The van der Waals surface area contributed by atoms with E-state index in [-0.39, 0.29) is 0 Å². The molecule has 0 unspecified atom stereocenters. The fourth-order valence-corrected chi connectivity index (χ4v) is 12.5. The Morgan fingerprint density at radius 1 is 0.229 bits per heavy atom. The summed E-state index contributed by atoms with van der Waals surface area (Å²) in [6.45, 7) is 0. The second kappa shape index (κ2) is 16.5. The van der Waals surface area contributed by atoms with Gasteiger partial charge >= 0.3 is 0 Å². The first-order valence-electron chi connectivity index (χ1n) is 24.1. The number of thiophene rings is 1. The smallest absolute Gasteiger partial charge is 0.0541 e. The van der Waals surface area contributed by atoms with Crippen molar-refractivity contribution in [2.75, 3.05) is 0 Å². The van der Waals surface area contributed by atoms with Crippen molar-refractivity contribution in [2.24, 2.45) is 0 Å². The maximum absolute atomic E-state index is 2.44. The summed E-state index contributed by atoms with van der Waals surface area (Å²) in [4.78, 5) is 0. The Morgan fingerprint density at radius 3 is 1.11 bits per heavy atom. The van der Waals surface area contributed by atoms with E-state index < -0.39 is 0 Å². The van der Waals surface area contributed by atoms with E-state index in [2.05, 4.69) is 265 Å². The average molecular weight is 906 g/mol. The minimum atomic E-state index is 1.14. The molecule has 2 aromatic heterocycles. The van der Waals surface area contributed by atoms with Gasteiger partial charge in [0.15, 0.2) is 0 Å². The molecule has 326 valence electrons. The highest BCUT2D eigenvalue weighted by Gasteiger charge is 2.21. The van der Waals surface area contributed by atoms with Crippen molar-refractivity contribution < 1.29 is 0 Å². The highest BCUT2D eigenvalue weighted by molar-refractivity contribution is 7.27. The molecule has 0 aliphatic carbocycles. The zero-order chi connectivity index (χ0) is 46.1. The Balaban J connectivity index is 0.951. The number of hydrogen-bond acceptors (Lipinski definition) is 1. The molecule has 0 N–H and O–H groups in total. The summed E-state index contributed by atoms with van der Waals surface area (Å²) in [5.74, 6) is 0. The topological polar surface area (TPSA) is 4.93 Å². The van der Waals surface area contributed by atoms with Gasteiger partial charge in [-0.25, -0.2) is 0 Å². The normalized spacial score (nSPS) is 11.7. The van der Waals surface area contributed by atoms with Crippen LogP contribution in [-0.2, 0) is 0 Å². The van der Waals surface area contributed by atoms with Crippen molar-refractivity contribution >= 4 is 74.9 Å². The van der Waals surface area contributed by atoms with Gasteiger partial charge in [0.1, 0.15) is 0 Å². The SMILES string of the molecule is c1ccc(-c2cc(-c3ccccc3)c3sc4c(-c5ccc6c(c5)c5ccccc5n6-c5ccc(-c6c7ccccc7c(-c7ccccc7)c7ccccc67)cc5)cc(-c5ccccc5)cc4c3c2)cc1. The molecular weight excluding hydrogens is 863 g/mol. The van der Waals surface area contributed by atoms with Crippen LogP contribution in [0.15, 0.2) is 261 Å². The lowest BCUT2D eigenvalue weighted by Gasteiger charge is -2.18. The fourth-order valence-electron chi connectivity index (χ4n) is 11.2. The molecule has 14 rings (SSSR count). The van der Waals surface area contributed by atoms with E-state index >= 15 is 0 Å². The van der Waals surface area contributed by atoms with Crippen molar-refractivity contribution in [1.29, 1.82) is 0 Å². The highest BCUT2D eigenvalue weighted by atomic mass is 32.1. The number of fused-ring (bicyclic) bond motifs is 8. The molecule has 0 radical (unpaired) electrons. The van der Waals surface area contributed by atoms with E-state index in [0.717, 1.165) is 5.69 Å². The first-order chi connectivity index (χ1) is 34.7. The summed E-state index contributed by atoms with van der Waals surface area (Å²) < 4.78 is 5.05. The Hall–Kier alpha value is -8.82. The molecule has 0 spiro atoms. The van der Waals surface area contributed by atoms with Crippen LogP contribution in [-0.4, -0.2) is 4.57 Å². The first-order valence-corrected chi connectivity index (χ1v) is 24.9. The number of para-hydroxylation sites is 1. The molecule has 14 aromatic rings. The van der Waals surface area contributed by atoms with Crippen molar-refractivity contribution in [2.45, 2.75) is 0 Å². The number of aromatic nitrogens is 1. The van der Waals surface area contributed by atoms with Crippen molar-refractivity contribution in [3.63, 3.8) is 0 Å². The molecule has 12 aromatic carbocycles. The third-order valence-corrected chi connectivity index (χ3v) is 15.7. The molecule has 0 fully saturated rings. The van der Waals surface area contributed by atoms with Gasteiger partial charge in [0, 0.05) is 47.8 Å². The second-order valence-corrected chi connectivity index (χ2v) is 19.4. The molecule has 1 nitrogen and oxygen atoms in total. The maximum Gasteiger partial charge on any atom is 0.0541 e. The summed E-state index contributed by atoms with van der Waals surface area (Å²) in [6.07, 6.45) is 0. The van der Waals surface area contributed by atoms with Crippen LogP contribution in [0.3, 0.4) is 0 Å². The quantitative estimate of drug-likeness (QED) is 0.140. The van der Waals surface area contributed by atoms with Crippen LogP contribution in [0, 0.1) is 0 Å². The molecule has 0 amide bonds. The minimum absolute atomic E-state index is 1.14. The van der Waals surface area contributed by atoms with Crippen LogP contribution in [0.25, 0.3) is 136 Å². The van der Waals surface area contributed by atoms with E-state index in [9.17, 15) is 0 Å². The van der Waals surface area contributed by atoms with Gasteiger partial charge in [0.25, 0.3) is 0 Å². The highest BCUT2D eigenvalue weighted by Crippen LogP contribution is 2.49. The number of benzene rings is 12. The first kappa shape index (κ1) is 40.3. The monoisotopic (exact) mass is 905 g/mol. The van der Waals surface area contributed by atoms with E-state index in [4.69, 9.17) is 0 Å². The van der Waals surface area contributed by atoms with Gasteiger partial charge in [0.2, 0.25) is 0 Å². The third kappa shape index (κ3) is 6.53. The second-order valence-electron chi connectivity index (χ2n) is 18.3. The molecule has 0 saturated heterocycles. The molecule has 0 atom stereocenters. The maximum atomic E-state index is 2.44. The van der Waals surface area contributed by atoms with Crippen molar-refractivity contribution in [3.05, 3.63) is 261 Å². The van der Waals surface area contributed by atoms with Crippen LogP contribution < -0.4 is 0 Å². The van der Waals surface area contributed by atoms with Crippen molar-refractivity contribution in [1.82, 2.24) is 4.57 Å². The predicted molar refractivity (Wildman–Crippen MR) is 301 cm³/mol. The summed E-state index contributed by atoms with van der Waals surface area (Å²) in [6, 6.07) is 96.1. The van der Waals surface area contributed by atoms with Crippen LogP contribution in [0.4, 0.5) is 0 Å². The third-order valence-electron chi connectivity index (χ3n) is 14.4. The summed E-state index contributed by atoms with van der Waals surface area (Å²) in [5, 5.41) is 10.1. The molecule has 2 heteroatoms. The van der Waals surface area contributed by atoms with Crippen LogP contribution in [0.1, 0.15) is 0 Å². The van der Waals surface area contributed by atoms with E-state index in [1.807, 2.05) is 11.3 Å². The van der Waals surface area contributed by atoms with E-state index in [1.165, 1.54) is 130 Å². The molecule has 70 heavy (non-hydrogen) atoms. The predicted octanol–water partition coefficient (Wildman–Crippen LogP) is 19.5. The van der Waals surface area contributed by atoms with Gasteiger partial charge in [-0.05, 0) is 132 Å². The van der Waals surface area contributed by atoms with Crippen molar-refractivity contribution in [3.8, 4) is 72.4 Å². The van der Waals surface area contributed by atoms with Crippen LogP contribution >= 0.6 is 11.3 Å².